The standard InChI is InChI=1S/C24H28BrN3O4S/c1-3-17-4-6-20(7-5-17)26-24(30)18-8-11-27(12-9-18)33(31,32)23-15-22-19(14-21(23)25)10-13-28(22)16(2)29/h4-7,14-15,18H,3,8-13H2,1-2H3,(H,26,30). The first-order valence-electron chi connectivity index (χ1n) is 11.2. The van der Waals surface area contributed by atoms with Crippen LogP contribution >= 0.6 is 15.9 Å². The summed E-state index contributed by atoms with van der Waals surface area (Å²) in [6.07, 6.45) is 2.56. The highest BCUT2D eigenvalue weighted by molar-refractivity contribution is 9.10. The molecule has 0 bridgehead atoms. The van der Waals surface area contributed by atoms with E-state index in [4.69, 9.17) is 0 Å². The maximum atomic E-state index is 13.4. The van der Waals surface area contributed by atoms with Crippen LogP contribution in [0.5, 0.6) is 0 Å². The number of nitrogens with zero attached hydrogens (tertiary/aromatic N) is 2. The van der Waals surface area contributed by atoms with Gasteiger partial charge in [0.25, 0.3) is 0 Å². The van der Waals surface area contributed by atoms with Crippen molar-refractivity contribution in [3.05, 3.63) is 52.0 Å². The molecule has 2 aromatic rings. The summed E-state index contributed by atoms with van der Waals surface area (Å²) >= 11 is 3.42. The van der Waals surface area contributed by atoms with Gasteiger partial charge in [0.1, 0.15) is 0 Å². The highest BCUT2D eigenvalue weighted by atomic mass is 79.9. The Bertz CT molecular complexity index is 1170. The first-order valence-corrected chi connectivity index (χ1v) is 13.4. The number of hydrogen-bond donors (Lipinski definition) is 1. The Labute approximate surface area is 203 Å². The number of amides is 2. The van der Waals surface area contributed by atoms with Crippen LogP contribution in [0.15, 0.2) is 45.8 Å². The van der Waals surface area contributed by atoms with Crippen LogP contribution in [0.3, 0.4) is 0 Å². The maximum absolute atomic E-state index is 13.4. The lowest BCUT2D eigenvalue weighted by Gasteiger charge is -2.31. The molecule has 1 fully saturated rings. The molecule has 9 heteroatoms. The van der Waals surface area contributed by atoms with Crippen molar-refractivity contribution >= 4 is 49.1 Å². The molecule has 2 aromatic carbocycles. The molecule has 0 spiro atoms. The zero-order valence-corrected chi connectivity index (χ0v) is 21.2. The van der Waals surface area contributed by atoms with Crippen LogP contribution in [0, 0.1) is 5.92 Å². The lowest BCUT2D eigenvalue weighted by atomic mass is 9.97. The average Bonchev–Trinajstić information content (AvgIpc) is 3.22. The third kappa shape index (κ3) is 4.85. The summed E-state index contributed by atoms with van der Waals surface area (Å²) in [5.41, 5.74) is 3.58. The number of anilines is 2. The molecule has 2 aliphatic rings. The van der Waals surface area contributed by atoms with Crippen LogP contribution in [0.25, 0.3) is 0 Å². The quantitative estimate of drug-likeness (QED) is 0.630. The normalized spacial score (nSPS) is 17.1. The molecule has 4 rings (SSSR count). The highest BCUT2D eigenvalue weighted by Crippen LogP contribution is 2.37. The van der Waals surface area contributed by atoms with Gasteiger partial charge in [0.15, 0.2) is 0 Å². The van der Waals surface area contributed by atoms with Crippen molar-refractivity contribution in [1.29, 1.82) is 0 Å². The van der Waals surface area contributed by atoms with Crippen LogP contribution in [0.1, 0.15) is 37.8 Å². The monoisotopic (exact) mass is 533 g/mol. The minimum atomic E-state index is -3.76. The van der Waals surface area contributed by atoms with Crippen molar-refractivity contribution in [3.63, 3.8) is 0 Å². The van der Waals surface area contributed by atoms with Gasteiger partial charge in [0.05, 0.1) is 4.90 Å². The van der Waals surface area contributed by atoms with Gasteiger partial charge in [-0.05, 0) is 77.0 Å². The van der Waals surface area contributed by atoms with Gasteiger partial charge in [0, 0.05) is 48.3 Å². The molecule has 1 N–H and O–H groups in total. The van der Waals surface area contributed by atoms with Crippen molar-refractivity contribution in [3.8, 4) is 0 Å². The Morgan fingerprint density at radius 3 is 2.36 bits per heavy atom. The van der Waals surface area contributed by atoms with Crippen LogP contribution < -0.4 is 10.2 Å². The van der Waals surface area contributed by atoms with Crippen molar-refractivity contribution in [2.24, 2.45) is 5.92 Å². The van der Waals surface area contributed by atoms with Gasteiger partial charge in [-0.25, -0.2) is 8.42 Å². The predicted molar refractivity (Wildman–Crippen MR) is 132 cm³/mol. The van der Waals surface area contributed by atoms with Crippen LogP contribution in [-0.2, 0) is 32.5 Å². The lowest BCUT2D eigenvalue weighted by molar-refractivity contribution is -0.121. The second-order valence-corrected chi connectivity index (χ2v) is 11.3. The Kier molecular flexibility index (Phi) is 6.93. The van der Waals surface area contributed by atoms with E-state index in [1.165, 1.54) is 16.8 Å². The number of rotatable bonds is 5. The topological polar surface area (TPSA) is 86.8 Å². The van der Waals surface area contributed by atoms with Crippen molar-refractivity contribution in [2.75, 3.05) is 29.9 Å². The number of benzene rings is 2. The van der Waals surface area contributed by atoms with Gasteiger partial charge in [-0.1, -0.05) is 19.1 Å². The van der Waals surface area contributed by atoms with Gasteiger partial charge >= 0.3 is 0 Å². The van der Waals surface area contributed by atoms with Gasteiger partial charge < -0.3 is 10.2 Å². The van der Waals surface area contributed by atoms with Crippen molar-refractivity contribution < 1.29 is 18.0 Å². The zero-order valence-electron chi connectivity index (χ0n) is 18.8. The molecule has 0 saturated carbocycles. The molecule has 0 atom stereocenters. The van der Waals surface area contributed by atoms with E-state index in [9.17, 15) is 18.0 Å². The van der Waals surface area contributed by atoms with E-state index in [1.54, 1.807) is 17.0 Å². The third-order valence-corrected chi connectivity index (χ3v) is 9.34. The smallest absolute Gasteiger partial charge is 0.244 e. The molecule has 0 aromatic heterocycles. The van der Waals surface area contributed by atoms with E-state index in [2.05, 4.69) is 28.2 Å². The fraction of sp³-hybridized carbons (Fsp3) is 0.417. The Hall–Kier alpha value is -2.23. The van der Waals surface area contributed by atoms with Crippen molar-refractivity contribution in [1.82, 2.24) is 4.31 Å². The molecule has 0 radical (unpaired) electrons. The Morgan fingerprint density at radius 2 is 1.76 bits per heavy atom. The van der Waals surface area contributed by atoms with Crippen LogP contribution in [-0.4, -0.2) is 44.2 Å². The minimum Gasteiger partial charge on any atom is -0.326 e. The second-order valence-electron chi connectivity index (χ2n) is 8.55. The number of aryl methyl sites for hydroxylation is 1. The lowest BCUT2D eigenvalue weighted by Crippen LogP contribution is -2.41. The number of sulfonamides is 1. The number of fused-ring (bicyclic) bond motifs is 1. The molecule has 176 valence electrons. The highest BCUT2D eigenvalue weighted by Gasteiger charge is 2.35. The summed E-state index contributed by atoms with van der Waals surface area (Å²) in [6.45, 7) is 4.67. The fourth-order valence-electron chi connectivity index (χ4n) is 4.48. The molecule has 2 amide bonds. The number of nitrogens with one attached hydrogen (secondary N) is 1. The first kappa shape index (κ1) is 23.9. The molecule has 0 aliphatic carbocycles. The Morgan fingerprint density at radius 1 is 1.09 bits per heavy atom. The molecular weight excluding hydrogens is 506 g/mol. The summed E-state index contributed by atoms with van der Waals surface area (Å²) in [7, 11) is -3.76. The SMILES string of the molecule is CCc1ccc(NC(=O)C2CCN(S(=O)(=O)c3cc4c(cc3Br)CCN4C(C)=O)CC2)cc1. The summed E-state index contributed by atoms with van der Waals surface area (Å²) < 4.78 is 28.7. The molecule has 1 saturated heterocycles. The second kappa shape index (κ2) is 9.56. The van der Waals surface area contributed by atoms with E-state index < -0.39 is 10.0 Å². The number of piperidine rings is 1. The third-order valence-electron chi connectivity index (χ3n) is 6.48. The summed E-state index contributed by atoms with van der Waals surface area (Å²) in [5.74, 6) is -0.415. The average molecular weight is 534 g/mol. The summed E-state index contributed by atoms with van der Waals surface area (Å²) in [6, 6.07) is 11.2. The van der Waals surface area contributed by atoms with Gasteiger partial charge in [-0.3, -0.25) is 9.59 Å². The molecule has 33 heavy (non-hydrogen) atoms. The Balaban J connectivity index is 1.44. The van der Waals surface area contributed by atoms with E-state index in [0.717, 1.165) is 17.7 Å². The van der Waals surface area contributed by atoms with Crippen LogP contribution in [0.2, 0.25) is 0 Å². The van der Waals surface area contributed by atoms with Crippen LogP contribution in [0.4, 0.5) is 11.4 Å². The molecule has 7 nitrogen and oxygen atoms in total. The molecule has 2 heterocycles. The van der Waals surface area contributed by atoms with E-state index >= 15 is 0 Å². The number of carbonyl (C=O) groups is 2. The largest absolute Gasteiger partial charge is 0.326 e. The van der Waals surface area contributed by atoms with E-state index in [0.29, 0.717) is 36.0 Å². The molecule has 2 aliphatic heterocycles. The van der Waals surface area contributed by atoms with E-state index in [-0.39, 0.29) is 35.7 Å². The predicted octanol–water partition coefficient (Wildman–Crippen LogP) is 3.96. The minimum absolute atomic E-state index is 0.0768. The van der Waals surface area contributed by atoms with Gasteiger partial charge in [0.2, 0.25) is 21.8 Å². The summed E-state index contributed by atoms with van der Waals surface area (Å²) in [5, 5.41) is 2.95. The number of halogens is 1. The van der Waals surface area contributed by atoms with Gasteiger partial charge in [-0.2, -0.15) is 4.31 Å². The first-order chi connectivity index (χ1) is 15.7. The molecular formula is C24H28BrN3O4S. The summed E-state index contributed by atoms with van der Waals surface area (Å²) in [4.78, 5) is 26.4. The van der Waals surface area contributed by atoms with Gasteiger partial charge in [-0.15, -0.1) is 0 Å². The van der Waals surface area contributed by atoms with Crippen molar-refractivity contribution in [2.45, 2.75) is 44.4 Å². The number of hydrogen-bond acceptors (Lipinski definition) is 4. The maximum Gasteiger partial charge on any atom is 0.244 e. The molecule has 0 unspecified atom stereocenters. The zero-order chi connectivity index (χ0) is 23.8. The number of carbonyl (C=O) groups excluding carboxylic acids is 2. The van der Waals surface area contributed by atoms with E-state index in [1.807, 2.05) is 24.3 Å². The fourth-order valence-corrected chi connectivity index (χ4v) is 7.02.